The molecule has 2 heterocycles. The van der Waals surface area contributed by atoms with E-state index < -0.39 is 5.60 Å². The van der Waals surface area contributed by atoms with Crippen LogP contribution >= 0.6 is 0 Å². The largest absolute Gasteiger partial charge is 0.444 e. The third-order valence-electron chi connectivity index (χ3n) is 3.92. The third-order valence-corrected chi connectivity index (χ3v) is 3.92. The van der Waals surface area contributed by atoms with E-state index in [2.05, 4.69) is 4.98 Å². The molecule has 0 radical (unpaired) electrons. The monoisotopic (exact) mass is 333 g/mol. The summed E-state index contributed by atoms with van der Waals surface area (Å²) in [5.41, 5.74) is 0.331. The first kappa shape index (κ1) is 18.2. The molecule has 132 valence electrons. The summed E-state index contributed by atoms with van der Waals surface area (Å²) in [6.45, 7) is 7.07. The standard InChI is InChI=1S/C18H27N3O3/c1-18(2,3)24-17(23)21-11-7-8-14(12-21)16(22)20(4)13-15-9-5-6-10-19-15/h5-6,9-10,14H,7-8,11-13H2,1-4H3/t14-/m0/s1. The van der Waals surface area contributed by atoms with E-state index in [0.717, 1.165) is 18.5 Å². The van der Waals surface area contributed by atoms with Crippen LogP contribution in [-0.2, 0) is 16.1 Å². The molecule has 1 saturated heterocycles. The van der Waals surface area contributed by atoms with Gasteiger partial charge in [0.25, 0.3) is 0 Å². The van der Waals surface area contributed by atoms with Crippen LogP contribution in [0.15, 0.2) is 24.4 Å². The summed E-state index contributed by atoms with van der Waals surface area (Å²) in [4.78, 5) is 32.5. The Hall–Kier alpha value is -2.11. The van der Waals surface area contributed by atoms with Crippen LogP contribution in [0.25, 0.3) is 0 Å². The van der Waals surface area contributed by atoms with E-state index in [1.165, 1.54) is 0 Å². The molecule has 1 aliphatic rings. The van der Waals surface area contributed by atoms with E-state index in [9.17, 15) is 9.59 Å². The molecule has 6 heteroatoms. The lowest BCUT2D eigenvalue weighted by molar-refractivity contribution is -0.136. The number of carbonyl (C=O) groups is 2. The van der Waals surface area contributed by atoms with Crippen molar-refractivity contribution < 1.29 is 14.3 Å². The molecule has 1 aromatic heterocycles. The van der Waals surface area contributed by atoms with E-state index in [-0.39, 0.29) is 17.9 Å². The summed E-state index contributed by atoms with van der Waals surface area (Å²) in [6, 6.07) is 5.66. The predicted octanol–water partition coefficient (Wildman–Crippen LogP) is 2.69. The minimum atomic E-state index is -0.524. The fourth-order valence-electron chi connectivity index (χ4n) is 2.80. The summed E-state index contributed by atoms with van der Waals surface area (Å²) in [6.07, 6.45) is 2.99. The first-order valence-corrected chi connectivity index (χ1v) is 8.39. The Morgan fingerprint density at radius 2 is 2.12 bits per heavy atom. The van der Waals surface area contributed by atoms with Crippen LogP contribution in [0.2, 0.25) is 0 Å². The summed E-state index contributed by atoms with van der Waals surface area (Å²) in [5, 5.41) is 0. The number of hydrogen-bond acceptors (Lipinski definition) is 4. The normalized spacial score (nSPS) is 18.2. The lowest BCUT2D eigenvalue weighted by Gasteiger charge is -2.35. The lowest BCUT2D eigenvalue weighted by Crippen LogP contribution is -2.47. The number of piperidine rings is 1. The van der Waals surface area contributed by atoms with Crippen molar-refractivity contribution in [3.63, 3.8) is 0 Å². The van der Waals surface area contributed by atoms with Gasteiger partial charge in [-0.25, -0.2) is 4.79 Å². The SMILES string of the molecule is CN(Cc1ccccn1)C(=O)[C@H]1CCCN(C(=O)OC(C)(C)C)C1. The molecule has 0 unspecified atom stereocenters. The van der Waals surface area contributed by atoms with E-state index in [0.29, 0.717) is 19.6 Å². The number of ether oxygens (including phenoxy) is 1. The minimum absolute atomic E-state index is 0.0499. The molecule has 2 rings (SSSR count). The van der Waals surface area contributed by atoms with Crippen LogP contribution in [0.1, 0.15) is 39.3 Å². The maximum absolute atomic E-state index is 12.7. The summed E-state index contributed by atoms with van der Waals surface area (Å²) in [7, 11) is 1.78. The van der Waals surface area contributed by atoms with Crippen LogP contribution in [0.3, 0.4) is 0 Å². The number of hydrogen-bond donors (Lipinski definition) is 0. The van der Waals surface area contributed by atoms with Gasteiger partial charge in [0.2, 0.25) is 5.91 Å². The highest BCUT2D eigenvalue weighted by Crippen LogP contribution is 2.21. The van der Waals surface area contributed by atoms with Gasteiger partial charge in [-0.15, -0.1) is 0 Å². The summed E-state index contributed by atoms with van der Waals surface area (Å²) < 4.78 is 5.41. The minimum Gasteiger partial charge on any atom is -0.444 e. The Morgan fingerprint density at radius 1 is 1.38 bits per heavy atom. The molecule has 1 aromatic rings. The highest BCUT2D eigenvalue weighted by molar-refractivity contribution is 5.80. The second-order valence-electron chi connectivity index (χ2n) is 7.28. The molecule has 1 fully saturated rings. The average Bonchev–Trinajstić information content (AvgIpc) is 2.53. The van der Waals surface area contributed by atoms with E-state index in [4.69, 9.17) is 4.74 Å². The van der Waals surface area contributed by atoms with Crippen molar-refractivity contribution in [2.45, 2.75) is 45.8 Å². The Bertz CT molecular complexity index is 569. The lowest BCUT2D eigenvalue weighted by atomic mass is 9.97. The van der Waals surface area contributed by atoms with Gasteiger partial charge in [0.1, 0.15) is 5.60 Å². The number of carbonyl (C=O) groups excluding carboxylic acids is 2. The third kappa shape index (κ3) is 5.22. The average molecular weight is 333 g/mol. The fourth-order valence-corrected chi connectivity index (χ4v) is 2.80. The zero-order chi connectivity index (χ0) is 17.7. The summed E-state index contributed by atoms with van der Waals surface area (Å²) >= 11 is 0. The Balaban J connectivity index is 1.93. The van der Waals surface area contributed by atoms with Crippen LogP contribution in [0.5, 0.6) is 0 Å². The Kier molecular flexibility index (Phi) is 5.80. The van der Waals surface area contributed by atoms with Crippen molar-refractivity contribution in [2.75, 3.05) is 20.1 Å². The van der Waals surface area contributed by atoms with Crippen LogP contribution in [0.4, 0.5) is 4.79 Å². The second kappa shape index (κ2) is 7.64. The smallest absolute Gasteiger partial charge is 0.410 e. The highest BCUT2D eigenvalue weighted by atomic mass is 16.6. The van der Waals surface area contributed by atoms with Gasteiger partial charge >= 0.3 is 6.09 Å². The number of amides is 2. The highest BCUT2D eigenvalue weighted by Gasteiger charge is 2.32. The maximum atomic E-state index is 12.7. The van der Waals surface area contributed by atoms with E-state index in [1.54, 1.807) is 23.0 Å². The van der Waals surface area contributed by atoms with Crippen molar-refractivity contribution in [1.82, 2.24) is 14.8 Å². The number of rotatable bonds is 3. The predicted molar refractivity (Wildman–Crippen MR) is 91.2 cm³/mol. The molecule has 1 atom stereocenters. The van der Waals surface area contributed by atoms with Gasteiger partial charge in [-0.3, -0.25) is 9.78 Å². The molecule has 0 N–H and O–H groups in total. The van der Waals surface area contributed by atoms with Gasteiger partial charge < -0.3 is 14.5 Å². The Morgan fingerprint density at radius 3 is 2.75 bits per heavy atom. The van der Waals surface area contributed by atoms with Gasteiger partial charge in [0.05, 0.1) is 18.2 Å². The van der Waals surface area contributed by atoms with Gasteiger partial charge in [-0.2, -0.15) is 0 Å². The number of pyridine rings is 1. The van der Waals surface area contributed by atoms with Crippen molar-refractivity contribution in [1.29, 1.82) is 0 Å². The second-order valence-corrected chi connectivity index (χ2v) is 7.28. The van der Waals surface area contributed by atoms with Crippen LogP contribution in [0, 0.1) is 5.92 Å². The Labute approximate surface area is 143 Å². The van der Waals surface area contributed by atoms with Gasteiger partial charge in [0, 0.05) is 26.3 Å². The van der Waals surface area contributed by atoms with Gasteiger partial charge in [-0.1, -0.05) is 6.07 Å². The van der Waals surface area contributed by atoms with Crippen molar-refractivity contribution >= 4 is 12.0 Å². The van der Waals surface area contributed by atoms with Crippen molar-refractivity contribution in [3.05, 3.63) is 30.1 Å². The molecular weight excluding hydrogens is 306 g/mol. The van der Waals surface area contributed by atoms with E-state index in [1.807, 2.05) is 39.0 Å². The molecular formula is C18H27N3O3. The quantitative estimate of drug-likeness (QED) is 0.853. The molecule has 0 spiro atoms. The van der Waals surface area contributed by atoms with Crippen molar-refractivity contribution in [2.24, 2.45) is 5.92 Å². The number of likely N-dealkylation sites (tertiary alicyclic amines) is 1. The molecule has 0 bridgehead atoms. The number of nitrogens with zero attached hydrogens (tertiary/aromatic N) is 3. The molecule has 2 amide bonds. The zero-order valence-corrected chi connectivity index (χ0v) is 15.0. The maximum Gasteiger partial charge on any atom is 0.410 e. The first-order valence-electron chi connectivity index (χ1n) is 8.39. The molecule has 1 aliphatic heterocycles. The van der Waals surface area contributed by atoms with Gasteiger partial charge in [0.15, 0.2) is 0 Å². The molecule has 6 nitrogen and oxygen atoms in total. The van der Waals surface area contributed by atoms with Crippen LogP contribution < -0.4 is 0 Å². The zero-order valence-electron chi connectivity index (χ0n) is 15.0. The molecule has 0 saturated carbocycles. The van der Waals surface area contributed by atoms with Crippen LogP contribution in [-0.4, -0.2) is 52.5 Å². The fraction of sp³-hybridized carbons (Fsp3) is 0.611. The van der Waals surface area contributed by atoms with Crippen molar-refractivity contribution in [3.8, 4) is 0 Å². The first-order chi connectivity index (χ1) is 11.3. The molecule has 0 aromatic carbocycles. The van der Waals surface area contributed by atoms with E-state index >= 15 is 0 Å². The summed E-state index contributed by atoms with van der Waals surface area (Å²) in [5.74, 6) is -0.131. The van der Waals surface area contributed by atoms with Gasteiger partial charge in [-0.05, 0) is 45.7 Å². The topological polar surface area (TPSA) is 62.7 Å². The number of aromatic nitrogens is 1. The molecule has 24 heavy (non-hydrogen) atoms. The molecule has 0 aliphatic carbocycles.